The van der Waals surface area contributed by atoms with E-state index < -0.39 is 46.4 Å². The number of nitrogens with one attached hydrogen (secondary N) is 1. The molecular weight excluding hydrogens is 471 g/mol. The predicted octanol–water partition coefficient (Wildman–Crippen LogP) is 3.11. The third kappa shape index (κ3) is 4.72. The van der Waals surface area contributed by atoms with Crippen LogP contribution in [0.3, 0.4) is 0 Å². The highest BCUT2D eigenvalue weighted by atomic mass is 32.2. The molecule has 2 aliphatic rings. The number of para-hydroxylation sites is 1. The van der Waals surface area contributed by atoms with Crippen LogP contribution in [0.2, 0.25) is 0 Å². The minimum absolute atomic E-state index is 0.0182. The summed E-state index contributed by atoms with van der Waals surface area (Å²) in [5.74, 6) is -4.35. The van der Waals surface area contributed by atoms with E-state index in [9.17, 15) is 17.6 Å². The lowest BCUT2D eigenvalue weighted by molar-refractivity contribution is -0.00511. The number of carbonyl (C=O) groups is 1. The normalized spacial score (nSPS) is 22.7. The molecule has 0 aromatic heterocycles. The van der Waals surface area contributed by atoms with Crippen LogP contribution < -0.4 is 9.46 Å². The molecule has 11 heteroatoms. The number of halogens is 3. The highest BCUT2D eigenvalue weighted by molar-refractivity contribution is 7.89. The average Bonchev–Trinajstić information content (AvgIpc) is 3.03. The predicted molar refractivity (Wildman–Crippen MR) is 121 cm³/mol. The quantitative estimate of drug-likeness (QED) is 0.707. The maximum absolute atomic E-state index is 15.1. The molecule has 2 aromatic rings. The second-order valence-electron chi connectivity index (χ2n) is 8.53. The van der Waals surface area contributed by atoms with Crippen molar-refractivity contribution in [1.82, 2.24) is 14.5 Å². The molecule has 0 spiro atoms. The first kappa shape index (κ1) is 24.3. The van der Waals surface area contributed by atoms with E-state index in [0.29, 0.717) is 16.7 Å². The van der Waals surface area contributed by atoms with E-state index in [1.165, 1.54) is 24.9 Å². The summed E-state index contributed by atoms with van der Waals surface area (Å²) in [7, 11) is -2.53. The Kier molecular flexibility index (Phi) is 6.52. The number of likely N-dealkylation sites (N-methyl/N-ethyl adjacent to an activating group) is 1. The lowest BCUT2D eigenvalue weighted by atomic mass is 9.96. The summed E-state index contributed by atoms with van der Waals surface area (Å²) in [5.41, 5.74) is 1.70. The molecule has 1 N–H and O–H groups in total. The maximum Gasteiger partial charge on any atom is 0.320 e. The van der Waals surface area contributed by atoms with Crippen molar-refractivity contribution < 1.29 is 31.1 Å². The van der Waals surface area contributed by atoms with Gasteiger partial charge in [0.25, 0.3) is 5.92 Å². The first-order chi connectivity index (χ1) is 16.0. The summed E-state index contributed by atoms with van der Waals surface area (Å²) in [6.45, 7) is 0.394. The van der Waals surface area contributed by atoms with Crippen LogP contribution in [-0.4, -0.2) is 74.8 Å². The van der Waals surface area contributed by atoms with Crippen LogP contribution in [0, 0.1) is 5.82 Å². The summed E-state index contributed by atoms with van der Waals surface area (Å²) in [6, 6.07) is 7.79. The van der Waals surface area contributed by atoms with Crippen LogP contribution in [0.25, 0.3) is 11.1 Å². The number of urea groups is 1. The zero-order valence-electron chi connectivity index (χ0n) is 18.8. The fraction of sp³-hybridized carbons (Fsp3) is 0.435. The molecule has 0 unspecified atom stereocenters. The van der Waals surface area contributed by atoms with E-state index in [0.717, 1.165) is 4.90 Å². The van der Waals surface area contributed by atoms with Crippen molar-refractivity contribution in [3.05, 3.63) is 53.8 Å². The van der Waals surface area contributed by atoms with Crippen molar-refractivity contribution >= 4 is 16.1 Å². The zero-order valence-corrected chi connectivity index (χ0v) is 19.6. The van der Waals surface area contributed by atoms with Gasteiger partial charge in [0, 0.05) is 12.6 Å². The third-order valence-electron chi connectivity index (χ3n) is 6.20. The van der Waals surface area contributed by atoms with Gasteiger partial charge >= 0.3 is 6.03 Å². The lowest BCUT2D eigenvalue weighted by Crippen LogP contribution is -2.53. The number of sulfonamides is 1. The minimum atomic E-state index is -3.97. The summed E-state index contributed by atoms with van der Waals surface area (Å²) < 4.78 is 77.0. The number of nitrogens with zero attached hydrogens (tertiary/aromatic N) is 2. The largest absolute Gasteiger partial charge is 0.488 e. The standard InChI is InChI=1S/C23H26F3N3O4S/c1-3-34(31,32)27-21-19-13-15-6-4-7-16(12-15)17-8-5-9-18(24)20(17)33-11-10-28(2)22(30)29(19)14-23(21,25)26/h4-9,12,19,21,27H,3,10-11,13-14H2,1-2H3/t19-,21+/m0/s1. The van der Waals surface area contributed by atoms with Gasteiger partial charge in [-0.05, 0) is 30.5 Å². The summed E-state index contributed by atoms with van der Waals surface area (Å²) in [4.78, 5) is 15.4. The Morgan fingerprint density at radius 1 is 1.21 bits per heavy atom. The number of rotatable bonds is 3. The molecule has 2 atom stereocenters. The molecule has 2 aliphatic heterocycles. The zero-order chi connectivity index (χ0) is 24.7. The average molecular weight is 498 g/mol. The van der Waals surface area contributed by atoms with Crippen molar-refractivity contribution in [2.75, 3.05) is 32.5 Å². The molecule has 2 bridgehead atoms. The van der Waals surface area contributed by atoms with E-state index in [2.05, 4.69) is 4.72 Å². The van der Waals surface area contributed by atoms with Crippen LogP contribution in [0.4, 0.5) is 18.0 Å². The van der Waals surface area contributed by atoms with Gasteiger partial charge in [-0.15, -0.1) is 0 Å². The van der Waals surface area contributed by atoms with E-state index >= 15 is 8.78 Å². The topological polar surface area (TPSA) is 79.0 Å². The second-order valence-corrected chi connectivity index (χ2v) is 10.6. The van der Waals surface area contributed by atoms with E-state index in [1.54, 1.807) is 36.4 Å². The molecular formula is C23H26F3N3O4S. The van der Waals surface area contributed by atoms with E-state index in [1.807, 2.05) is 0 Å². The first-order valence-corrected chi connectivity index (χ1v) is 12.6. The number of carbonyl (C=O) groups excluding carboxylic acids is 1. The maximum atomic E-state index is 15.1. The molecule has 4 rings (SSSR count). The second kappa shape index (κ2) is 9.10. The van der Waals surface area contributed by atoms with Crippen molar-refractivity contribution in [3.8, 4) is 16.9 Å². The SMILES string of the molecule is CCS(=O)(=O)N[C@@H]1[C@@H]2Cc3cccc(c3)-c3cccc(F)c3OCCN(C)C(=O)N2CC1(F)F. The van der Waals surface area contributed by atoms with Gasteiger partial charge < -0.3 is 14.5 Å². The number of hydrogen-bond acceptors (Lipinski definition) is 4. The van der Waals surface area contributed by atoms with Crippen LogP contribution in [0.15, 0.2) is 42.5 Å². The van der Waals surface area contributed by atoms with Gasteiger partial charge in [-0.3, -0.25) is 0 Å². The van der Waals surface area contributed by atoms with Gasteiger partial charge in [-0.25, -0.2) is 31.1 Å². The number of alkyl halides is 2. The molecule has 34 heavy (non-hydrogen) atoms. The molecule has 184 valence electrons. The van der Waals surface area contributed by atoms with Gasteiger partial charge in [-0.1, -0.05) is 36.4 Å². The Labute approximate surface area is 196 Å². The molecule has 1 saturated heterocycles. The van der Waals surface area contributed by atoms with Gasteiger partial charge in [0.2, 0.25) is 10.0 Å². The van der Waals surface area contributed by atoms with Crippen LogP contribution in [0.5, 0.6) is 5.75 Å². The Bertz CT molecular complexity index is 1190. The Hall–Kier alpha value is -2.79. The van der Waals surface area contributed by atoms with Gasteiger partial charge in [-0.2, -0.15) is 0 Å². The fourth-order valence-corrected chi connectivity index (χ4v) is 5.26. The van der Waals surface area contributed by atoms with E-state index in [-0.39, 0.29) is 31.1 Å². The molecule has 2 heterocycles. The summed E-state index contributed by atoms with van der Waals surface area (Å²) in [6.07, 6.45) is -0.0224. The van der Waals surface area contributed by atoms with Crippen molar-refractivity contribution in [2.24, 2.45) is 0 Å². The summed E-state index contributed by atoms with van der Waals surface area (Å²) >= 11 is 0. The number of fused-ring (bicyclic) bond motifs is 5. The molecule has 7 nitrogen and oxygen atoms in total. The number of ether oxygens (including phenoxy) is 1. The monoisotopic (exact) mass is 497 g/mol. The number of benzene rings is 2. The summed E-state index contributed by atoms with van der Waals surface area (Å²) in [5, 5.41) is 0. The Balaban J connectivity index is 1.81. The Morgan fingerprint density at radius 2 is 1.94 bits per heavy atom. The highest BCUT2D eigenvalue weighted by Crippen LogP contribution is 2.37. The molecule has 2 aromatic carbocycles. The lowest BCUT2D eigenvalue weighted by Gasteiger charge is -2.31. The third-order valence-corrected chi connectivity index (χ3v) is 7.58. The van der Waals surface area contributed by atoms with E-state index in [4.69, 9.17) is 4.74 Å². The fourth-order valence-electron chi connectivity index (χ4n) is 4.37. The number of hydrogen-bond donors (Lipinski definition) is 1. The molecule has 0 aliphatic carbocycles. The van der Waals surface area contributed by atoms with Gasteiger partial charge in [0.15, 0.2) is 11.6 Å². The molecule has 0 saturated carbocycles. The van der Waals surface area contributed by atoms with Crippen molar-refractivity contribution in [1.29, 1.82) is 0 Å². The Morgan fingerprint density at radius 3 is 2.68 bits per heavy atom. The highest BCUT2D eigenvalue weighted by Gasteiger charge is 2.57. The molecule has 2 amide bonds. The van der Waals surface area contributed by atoms with Crippen LogP contribution in [0.1, 0.15) is 12.5 Å². The van der Waals surface area contributed by atoms with Crippen molar-refractivity contribution in [2.45, 2.75) is 31.4 Å². The van der Waals surface area contributed by atoms with Gasteiger partial charge in [0.1, 0.15) is 12.6 Å². The molecule has 0 radical (unpaired) electrons. The van der Waals surface area contributed by atoms with Gasteiger partial charge in [0.05, 0.1) is 24.9 Å². The minimum Gasteiger partial charge on any atom is -0.488 e. The smallest absolute Gasteiger partial charge is 0.320 e. The van der Waals surface area contributed by atoms with Crippen LogP contribution >= 0.6 is 0 Å². The van der Waals surface area contributed by atoms with Crippen LogP contribution in [-0.2, 0) is 16.4 Å². The number of amides is 2. The molecule has 1 fully saturated rings. The first-order valence-electron chi connectivity index (χ1n) is 10.9. The van der Waals surface area contributed by atoms with Crippen molar-refractivity contribution in [3.63, 3.8) is 0 Å².